The predicted molar refractivity (Wildman–Crippen MR) is 185 cm³/mol. The van der Waals surface area contributed by atoms with Crippen molar-refractivity contribution in [2.45, 2.75) is 162 Å². The van der Waals surface area contributed by atoms with Crippen LogP contribution in [0.15, 0.2) is 11.6 Å². The summed E-state index contributed by atoms with van der Waals surface area (Å²) < 4.78 is 11.9. The van der Waals surface area contributed by atoms with Crippen molar-refractivity contribution >= 4 is 6.09 Å². The molecule has 6 nitrogen and oxygen atoms in total. The van der Waals surface area contributed by atoms with Crippen molar-refractivity contribution in [2.24, 2.45) is 52.3 Å². The molecule has 4 unspecified atom stereocenters. The van der Waals surface area contributed by atoms with Crippen molar-refractivity contribution < 1.29 is 24.5 Å². The first-order chi connectivity index (χ1) is 22.0. The van der Waals surface area contributed by atoms with E-state index in [9.17, 15) is 15.0 Å². The quantitative estimate of drug-likeness (QED) is 0.123. The average molecular weight is 644 g/mol. The molecule has 0 radical (unpaired) electrons. The molecule has 0 saturated heterocycles. The molecule has 1 amide bonds. The van der Waals surface area contributed by atoms with Gasteiger partial charge in [0.15, 0.2) is 0 Å². The number of aliphatic hydroxyl groups is 2. The Morgan fingerprint density at radius 2 is 1.76 bits per heavy atom. The third-order valence-electron chi connectivity index (χ3n) is 14.1. The van der Waals surface area contributed by atoms with Crippen LogP contribution in [-0.2, 0) is 9.47 Å². The number of allylic oxidation sites excluding steroid dienone is 1. The normalized spacial score (nSPS) is 39.3. The number of rotatable bonds is 15. The molecule has 0 spiro atoms. The van der Waals surface area contributed by atoms with Crippen molar-refractivity contribution in [2.75, 3.05) is 19.8 Å². The Bertz CT molecular complexity index is 1010. The van der Waals surface area contributed by atoms with Crippen LogP contribution in [0.3, 0.4) is 0 Å². The Balaban J connectivity index is 1.01. The van der Waals surface area contributed by atoms with E-state index in [2.05, 4.69) is 46.0 Å². The summed E-state index contributed by atoms with van der Waals surface area (Å²) in [5.74, 6) is 5.06. The van der Waals surface area contributed by atoms with Crippen molar-refractivity contribution in [3.8, 4) is 0 Å². The first-order valence-electron chi connectivity index (χ1n) is 19.6. The molecule has 4 saturated carbocycles. The summed E-state index contributed by atoms with van der Waals surface area (Å²) in [5, 5.41) is 22.2. The summed E-state index contributed by atoms with van der Waals surface area (Å²) in [4.78, 5) is 12.7. The third kappa shape index (κ3) is 8.19. The predicted octanol–water partition coefficient (Wildman–Crippen LogP) is 8.83. The van der Waals surface area contributed by atoms with Crippen molar-refractivity contribution in [1.29, 1.82) is 0 Å². The zero-order valence-corrected chi connectivity index (χ0v) is 30.1. The molecule has 11 atom stereocenters. The van der Waals surface area contributed by atoms with Gasteiger partial charge in [0.25, 0.3) is 0 Å². The number of nitrogens with one attached hydrogen (secondary N) is 1. The maximum absolute atomic E-state index is 12.7. The largest absolute Gasteiger partial charge is 0.446 e. The van der Waals surface area contributed by atoms with Crippen LogP contribution in [0.4, 0.5) is 4.79 Å². The number of aliphatic hydroxyl groups excluding tert-OH is 2. The Morgan fingerprint density at radius 3 is 2.52 bits per heavy atom. The number of amides is 1. The SMILES string of the molecule is CC(C)CCC[C@H](C)C1CC[C@@H]2C3CC=C4C[C@@H](OC(=O)NCCCCCCOC5CC(O)[C@@H](CO)C5)CC[C@]4(C)[C@@H]3CC[C@]12C. The molecule has 0 aromatic carbocycles. The molecule has 264 valence electrons. The summed E-state index contributed by atoms with van der Waals surface area (Å²) in [6.45, 7) is 13.9. The minimum Gasteiger partial charge on any atom is -0.446 e. The van der Waals surface area contributed by atoms with Crippen LogP contribution in [0.1, 0.15) is 144 Å². The average Bonchev–Trinajstić information content (AvgIpc) is 3.56. The lowest BCUT2D eigenvalue weighted by atomic mass is 9.47. The van der Waals surface area contributed by atoms with E-state index in [1.807, 2.05) is 0 Å². The summed E-state index contributed by atoms with van der Waals surface area (Å²) in [6.07, 6.45) is 21.5. The fourth-order valence-electron chi connectivity index (χ4n) is 11.4. The van der Waals surface area contributed by atoms with Gasteiger partial charge in [-0.3, -0.25) is 0 Å². The molecule has 0 heterocycles. The molecule has 0 aromatic rings. The summed E-state index contributed by atoms with van der Waals surface area (Å²) in [5.41, 5.74) is 2.39. The first-order valence-corrected chi connectivity index (χ1v) is 19.6. The van der Waals surface area contributed by atoms with Crippen molar-refractivity contribution in [3.63, 3.8) is 0 Å². The van der Waals surface area contributed by atoms with Crippen LogP contribution in [-0.4, -0.2) is 54.4 Å². The van der Waals surface area contributed by atoms with Gasteiger partial charge in [0.1, 0.15) is 6.10 Å². The van der Waals surface area contributed by atoms with E-state index in [0.717, 1.165) is 86.9 Å². The number of carbonyl (C=O) groups is 1. The zero-order chi connectivity index (χ0) is 32.9. The molecule has 0 aromatic heterocycles. The monoisotopic (exact) mass is 644 g/mol. The van der Waals surface area contributed by atoms with Crippen molar-refractivity contribution in [1.82, 2.24) is 5.32 Å². The number of unbranched alkanes of at least 4 members (excludes halogenated alkanes) is 3. The second-order valence-electron chi connectivity index (χ2n) is 17.4. The number of hydrogen-bond donors (Lipinski definition) is 3. The molecule has 5 rings (SSSR count). The molecular weight excluding hydrogens is 574 g/mol. The highest BCUT2D eigenvalue weighted by atomic mass is 16.6. The van der Waals surface area contributed by atoms with Gasteiger partial charge in [0.05, 0.1) is 12.2 Å². The molecule has 46 heavy (non-hydrogen) atoms. The Morgan fingerprint density at radius 1 is 0.957 bits per heavy atom. The second kappa shape index (κ2) is 16.1. The molecule has 0 aliphatic heterocycles. The summed E-state index contributed by atoms with van der Waals surface area (Å²) >= 11 is 0. The second-order valence-corrected chi connectivity index (χ2v) is 17.4. The van der Waals surface area contributed by atoms with Gasteiger partial charge in [-0.25, -0.2) is 4.79 Å². The highest BCUT2D eigenvalue weighted by molar-refractivity contribution is 5.67. The molecule has 0 bridgehead atoms. The number of hydrogen-bond acceptors (Lipinski definition) is 5. The van der Waals surface area contributed by atoms with Gasteiger partial charge in [-0.15, -0.1) is 0 Å². The number of carbonyl (C=O) groups excluding carboxylic acids is 1. The molecule has 5 aliphatic carbocycles. The molecular formula is C40H69NO5. The molecule has 4 fully saturated rings. The highest BCUT2D eigenvalue weighted by Gasteiger charge is 2.59. The molecule has 6 heteroatoms. The van der Waals surface area contributed by atoms with Gasteiger partial charge in [0, 0.05) is 32.1 Å². The van der Waals surface area contributed by atoms with Gasteiger partial charge in [-0.2, -0.15) is 0 Å². The molecule has 3 N–H and O–H groups in total. The third-order valence-corrected chi connectivity index (χ3v) is 14.1. The smallest absolute Gasteiger partial charge is 0.407 e. The van der Waals surface area contributed by atoms with Gasteiger partial charge >= 0.3 is 6.09 Å². The molecule has 5 aliphatic rings. The fourth-order valence-corrected chi connectivity index (χ4v) is 11.4. The number of fused-ring (bicyclic) bond motifs is 5. The lowest BCUT2D eigenvalue weighted by molar-refractivity contribution is -0.0581. The fraction of sp³-hybridized carbons (Fsp3) is 0.925. The van der Waals surface area contributed by atoms with E-state index < -0.39 is 6.10 Å². The lowest BCUT2D eigenvalue weighted by Crippen LogP contribution is -2.51. The van der Waals surface area contributed by atoms with Gasteiger partial charge < -0.3 is 25.0 Å². The zero-order valence-electron chi connectivity index (χ0n) is 30.1. The van der Waals surface area contributed by atoms with Gasteiger partial charge in [0.2, 0.25) is 0 Å². The first kappa shape index (κ1) is 36.2. The van der Waals surface area contributed by atoms with Crippen molar-refractivity contribution in [3.05, 3.63) is 11.6 Å². The van der Waals surface area contributed by atoms with Crippen LogP contribution in [0, 0.1) is 52.3 Å². The summed E-state index contributed by atoms with van der Waals surface area (Å²) in [7, 11) is 0. The van der Waals surface area contributed by atoms with Crippen LogP contribution in [0.25, 0.3) is 0 Å². The topological polar surface area (TPSA) is 88.0 Å². The van der Waals surface area contributed by atoms with Gasteiger partial charge in [-0.05, 0) is 117 Å². The lowest BCUT2D eigenvalue weighted by Gasteiger charge is -2.58. The maximum atomic E-state index is 12.7. The van der Waals surface area contributed by atoms with E-state index in [1.54, 1.807) is 5.57 Å². The van der Waals surface area contributed by atoms with E-state index in [-0.39, 0.29) is 36.2 Å². The number of ether oxygens (including phenoxy) is 2. The van der Waals surface area contributed by atoms with E-state index in [1.165, 1.54) is 51.4 Å². The maximum Gasteiger partial charge on any atom is 0.407 e. The Kier molecular flexibility index (Phi) is 12.6. The number of alkyl carbamates (subject to hydrolysis) is 1. The van der Waals surface area contributed by atoms with Crippen LogP contribution < -0.4 is 5.32 Å². The van der Waals surface area contributed by atoms with E-state index in [0.29, 0.717) is 25.0 Å². The minimum atomic E-state index is -0.433. The standard InChI is InChI=1S/C40H69NO5/c1-27(2)11-10-12-28(3)34-15-16-35-33-14-13-30-24-31(17-19-39(30,4)36(33)18-20-40(34,35)5)46-38(44)41-21-8-6-7-9-22-45-32-23-29(26-42)37(43)25-32/h13,27-29,31-37,42-43H,6-12,14-26H2,1-5H3,(H,41,44)/t28-,29+,31-,32?,33?,34?,35+,36+,37?,39-,40+/m0/s1. The van der Waals surface area contributed by atoms with E-state index in [4.69, 9.17) is 9.47 Å². The minimum absolute atomic E-state index is 0.00367. The van der Waals surface area contributed by atoms with Crippen LogP contribution in [0.5, 0.6) is 0 Å². The Hall–Kier alpha value is -1.11. The van der Waals surface area contributed by atoms with Crippen LogP contribution in [0.2, 0.25) is 0 Å². The van der Waals surface area contributed by atoms with E-state index >= 15 is 0 Å². The van der Waals surface area contributed by atoms with Gasteiger partial charge in [-0.1, -0.05) is 78.4 Å². The summed E-state index contributed by atoms with van der Waals surface area (Å²) in [6, 6.07) is 0. The highest BCUT2D eigenvalue weighted by Crippen LogP contribution is 2.67. The van der Waals surface area contributed by atoms with Crippen LogP contribution >= 0.6 is 0 Å². The Labute approximate surface area is 281 Å².